The molecule has 0 aliphatic carbocycles. The SMILES string of the molecule is O=Cc1cc(F)ccc1OCc1c(F)cccc1F. The molecule has 0 unspecified atom stereocenters. The molecule has 0 N–H and O–H groups in total. The van der Waals surface area contributed by atoms with Crippen LogP contribution in [0.5, 0.6) is 5.75 Å². The van der Waals surface area contributed by atoms with Gasteiger partial charge in [0.2, 0.25) is 0 Å². The molecule has 98 valence electrons. The molecule has 0 aromatic heterocycles. The van der Waals surface area contributed by atoms with Gasteiger partial charge >= 0.3 is 0 Å². The fraction of sp³-hybridized carbons (Fsp3) is 0.0714. The Bertz CT molecular complexity index is 591. The molecule has 5 heteroatoms. The van der Waals surface area contributed by atoms with E-state index in [1.54, 1.807) is 0 Å². The Kier molecular flexibility index (Phi) is 3.85. The topological polar surface area (TPSA) is 26.3 Å². The molecule has 0 amide bonds. The van der Waals surface area contributed by atoms with Crippen LogP contribution in [-0.4, -0.2) is 6.29 Å². The summed E-state index contributed by atoms with van der Waals surface area (Å²) in [5.74, 6) is -2.00. The first-order valence-electron chi connectivity index (χ1n) is 5.42. The lowest BCUT2D eigenvalue weighted by atomic mass is 10.2. The summed E-state index contributed by atoms with van der Waals surface area (Å²) >= 11 is 0. The molecule has 2 rings (SSSR count). The van der Waals surface area contributed by atoms with Crippen molar-refractivity contribution < 1.29 is 22.7 Å². The lowest BCUT2D eigenvalue weighted by Crippen LogP contribution is -2.03. The van der Waals surface area contributed by atoms with E-state index in [2.05, 4.69) is 0 Å². The molecular formula is C14H9F3O2. The van der Waals surface area contributed by atoms with E-state index >= 15 is 0 Å². The zero-order chi connectivity index (χ0) is 13.8. The third-order valence-electron chi connectivity index (χ3n) is 2.53. The van der Waals surface area contributed by atoms with Gasteiger partial charge in [-0.2, -0.15) is 0 Å². The number of benzene rings is 2. The lowest BCUT2D eigenvalue weighted by molar-refractivity contribution is 0.111. The number of halogens is 3. The molecule has 2 aromatic carbocycles. The Hall–Kier alpha value is -2.30. The molecule has 0 saturated carbocycles. The highest BCUT2D eigenvalue weighted by molar-refractivity contribution is 5.79. The van der Waals surface area contributed by atoms with Crippen molar-refractivity contribution in [2.24, 2.45) is 0 Å². The van der Waals surface area contributed by atoms with Crippen molar-refractivity contribution in [2.45, 2.75) is 6.61 Å². The predicted molar refractivity (Wildman–Crippen MR) is 62.5 cm³/mol. The fourth-order valence-corrected chi connectivity index (χ4v) is 1.56. The molecule has 0 atom stereocenters. The van der Waals surface area contributed by atoms with Gasteiger partial charge in [0.05, 0.1) is 11.1 Å². The largest absolute Gasteiger partial charge is 0.488 e. The van der Waals surface area contributed by atoms with Gasteiger partial charge in [0, 0.05) is 0 Å². The number of hydrogen-bond acceptors (Lipinski definition) is 2. The molecule has 0 radical (unpaired) electrons. The third kappa shape index (κ3) is 2.93. The minimum absolute atomic E-state index is 0.0169. The summed E-state index contributed by atoms with van der Waals surface area (Å²) in [6.07, 6.45) is 0.413. The quantitative estimate of drug-likeness (QED) is 0.792. The van der Waals surface area contributed by atoms with Crippen molar-refractivity contribution in [3.63, 3.8) is 0 Å². The highest BCUT2D eigenvalue weighted by atomic mass is 19.1. The molecule has 0 aliphatic heterocycles. The second-order valence-electron chi connectivity index (χ2n) is 3.79. The molecular weight excluding hydrogens is 257 g/mol. The van der Waals surface area contributed by atoms with Crippen LogP contribution in [-0.2, 0) is 6.61 Å². The van der Waals surface area contributed by atoms with Crippen LogP contribution >= 0.6 is 0 Å². The number of hydrogen-bond donors (Lipinski definition) is 0. The molecule has 0 saturated heterocycles. The van der Waals surface area contributed by atoms with E-state index in [1.165, 1.54) is 12.1 Å². The fourth-order valence-electron chi connectivity index (χ4n) is 1.56. The monoisotopic (exact) mass is 266 g/mol. The van der Waals surface area contributed by atoms with Crippen molar-refractivity contribution >= 4 is 6.29 Å². The molecule has 2 aromatic rings. The average molecular weight is 266 g/mol. The summed E-state index contributed by atoms with van der Waals surface area (Å²) in [6.45, 7) is -0.384. The zero-order valence-electron chi connectivity index (χ0n) is 9.70. The summed E-state index contributed by atoms with van der Waals surface area (Å²) in [5, 5.41) is 0. The van der Waals surface area contributed by atoms with E-state index in [-0.39, 0.29) is 23.5 Å². The van der Waals surface area contributed by atoms with Crippen LogP contribution in [0.4, 0.5) is 13.2 Å². The van der Waals surface area contributed by atoms with Crippen molar-refractivity contribution in [2.75, 3.05) is 0 Å². The average Bonchev–Trinajstić information content (AvgIpc) is 2.39. The van der Waals surface area contributed by atoms with Crippen LogP contribution in [0.3, 0.4) is 0 Å². The Labute approximate surface area is 107 Å². The van der Waals surface area contributed by atoms with Crippen LogP contribution in [0.15, 0.2) is 36.4 Å². The van der Waals surface area contributed by atoms with Gasteiger partial charge in [-0.3, -0.25) is 4.79 Å². The van der Waals surface area contributed by atoms with Crippen LogP contribution in [0.1, 0.15) is 15.9 Å². The maximum absolute atomic E-state index is 13.4. The van der Waals surface area contributed by atoms with Crippen molar-refractivity contribution in [1.29, 1.82) is 0 Å². The summed E-state index contributed by atoms with van der Waals surface area (Å²) in [4.78, 5) is 10.7. The first-order valence-corrected chi connectivity index (χ1v) is 5.42. The highest BCUT2D eigenvalue weighted by Crippen LogP contribution is 2.21. The van der Waals surface area contributed by atoms with Gasteiger partial charge in [0.1, 0.15) is 29.8 Å². The van der Waals surface area contributed by atoms with Gasteiger partial charge in [0.25, 0.3) is 0 Å². The molecule has 19 heavy (non-hydrogen) atoms. The number of rotatable bonds is 4. The van der Waals surface area contributed by atoms with E-state index in [0.717, 1.165) is 24.3 Å². The van der Waals surface area contributed by atoms with Crippen molar-refractivity contribution in [1.82, 2.24) is 0 Å². The van der Waals surface area contributed by atoms with Gasteiger partial charge in [-0.1, -0.05) is 6.07 Å². The smallest absolute Gasteiger partial charge is 0.153 e. The Morgan fingerprint density at radius 1 is 1.05 bits per heavy atom. The normalized spacial score (nSPS) is 10.3. The first-order chi connectivity index (χ1) is 9.11. The standard InChI is InChI=1S/C14H9F3O2/c15-10-4-5-14(9(6-10)7-18)19-8-11-12(16)2-1-3-13(11)17/h1-7H,8H2. The van der Waals surface area contributed by atoms with Crippen LogP contribution in [0.2, 0.25) is 0 Å². The summed E-state index contributed by atoms with van der Waals surface area (Å²) in [7, 11) is 0. The van der Waals surface area contributed by atoms with Crippen molar-refractivity contribution in [3.8, 4) is 5.75 Å². The number of carbonyl (C=O) groups is 1. The van der Waals surface area contributed by atoms with Crippen LogP contribution < -0.4 is 4.74 Å². The van der Waals surface area contributed by atoms with Gasteiger partial charge in [0.15, 0.2) is 6.29 Å². The van der Waals surface area contributed by atoms with E-state index in [0.29, 0.717) is 6.29 Å². The molecule has 0 aliphatic rings. The second-order valence-corrected chi connectivity index (χ2v) is 3.79. The number of ether oxygens (including phenoxy) is 1. The molecule has 0 spiro atoms. The Morgan fingerprint density at radius 3 is 2.37 bits per heavy atom. The van der Waals surface area contributed by atoms with E-state index < -0.39 is 17.5 Å². The van der Waals surface area contributed by atoms with Gasteiger partial charge in [-0.05, 0) is 30.3 Å². The number of carbonyl (C=O) groups excluding carboxylic acids is 1. The van der Waals surface area contributed by atoms with Gasteiger partial charge in [-0.25, -0.2) is 13.2 Å². The van der Waals surface area contributed by atoms with Gasteiger partial charge in [-0.15, -0.1) is 0 Å². The van der Waals surface area contributed by atoms with Crippen molar-refractivity contribution in [3.05, 3.63) is 65.0 Å². The first kappa shape index (κ1) is 13.1. The highest BCUT2D eigenvalue weighted by Gasteiger charge is 2.11. The Balaban J connectivity index is 2.21. The minimum atomic E-state index is -0.741. The zero-order valence-corrected chi connectivity index (χ0v) is 9.70. The molecule has 0 bridgehead atoms. The summed E-state index contributed by atoms with van der Waals surface area (Å²) in [6, 6.07) is 6.76. The molecule has 0 heterocycles. The summed E-state index contributed by atoms with van der Waals surface area (Å²) in [5.41, 5.74) is -0.263. The summed E-state index contributed by atoms with van der Waals surface area (Å²) < 4.78 is 44.7. The molecule has 0 fully saturated rings. The maximum atomic E-state index is 13.4. The molecule has 2 nitrogen and oxygen atoms in total. The van der Waals surface area contributed by atoms with E-state index in [1.807, 2.05) is 0 Å². The third-order valence-corrected chi connectivity index (χ3v) is 2.53. The second kappa shape index (κ2) is 5.56. The predicted octanol–water partition coefficient (Wildman–Crippen LogP) is 3.50. The lowest BCUT2D eigenvalue weighted by Gasteiger charge is -2.09. The van der Waals surface area contributed by atoms with E-state index in [9.17, 15) is 18.0 Å². The van der Waals surface area contributed by atoms with E-state index in [4.69, 9.17) is 4.74 Å². The maximum Gasteiger partial charge on any atom is 0.153 e. The van der Waals surface area contributed by atoms with Crippen LogP contribution in [0, 0.1) is 17.5 Å². The minimum Gasteiger partial charge on any atom is -0.488 e. The Morgan fingerprint density at radius 2 is 1.74 bits per heavy atom. The number of aldehydes is 1. The van der Waals surface area contributed by atoms with Gasteiger partial charge < -0.3 is 4.74 Å². The van der Waals surface area contributed by atoms with Crippen LogP contribution in [0.25, 0.3) is 0 Å².